The first-order valence-corrected chi connectivity index (χ1v) is 15.2. The van der Waals surface area contributed by atoms with Crippen LogP contribution in [-0.4, -0.2) is 81.2 Å². The highest BCUT2D eigenvalue weighted by molar-refractivity contribution is 7.87. The second-order valence-corrected chi connectivity index (χ2v) is 12.2. The first kappa shape index (κ1) is 18.9. The zero-order valence-corrected chi connectivity index (χ0v) is 24.4. The number of nitrogens with one attached hydrogen (secondary N) is 1. The summed E-state index contributed by atoms with van der Waals surface area (Å²) in [5.41, 5.74) is 2.72. The van der Waals surface area contributed by atoms with E-state index in [4.69, 9.17) is 24.6 Å². The lowest BCUT2D eigenvalue weighted by Crippen LogP contribution is -2.42. The Kier molecular flexibility index (Phi) is 5.17. The van der Waals surface area contributed by atoms with E-state index in [9.17, 15) is 18.0 Å². The molecule has 2 aliphatic heterocycles. The molecule has 2 aromatic carbocycles. The average molecular weight is 618 g/mol. The fraction of sp³-hybridized carbons (Fsp3) is 0.438. The van der Waals surface area contributed by atoms with Gasteiger partial charge in [0.1, 0.15) is 5.75 Å². The number of hydrogen-bond donors (Lipinski definition) is 1. The summed E-state index contributed by atoms with van der Waals surface area (Å²) in [4.78, 5) is 28.4. The van der Waals surface area contributed by atoms with Crippen molar-refractivity contribution in [2.75, 3.05) is 47.2 Å². The summed E-state index contributed by atoms with van der Waals surface area (Å²) in [5, 5.41) is 0.673. The van der Waals surface area contributed by atoms with Crippen LogP contribution in [0.15, 0.2) is 42.0 Å². The molecule has 0 radical (unpaired) electrons. The van der Waals surface area contributed by atoms with Crippen molar-refractivity contribution in [3.63, 3.8) is 0 Å². The predicted octanol–water partition coefficient (Wildman–Crippen LogP) is 4.16. The smallest absolute Gasteiger partial charge is 0.303 e. The number of carbonyl (C=O) groups excluding carboxylic acids is 2. The quantitative estimate of drug-likeness (QED) is 0.463. The van der Waals surface area contributed by atoms with Gasteiger partial charge in [-0.25, -0.2) is 4.72 Å². The number of aromatic nitrogens is 1. The largest absolute Gasteiger partial charge is 0.497 e. The van der Waals surface area contributed by atoms with Gasteiger partial charge in [-0.1, -0.05) is 25.3 Å². The number of benzene rings is 2. The molecule has 4 bridgehead atoms. The topological polar surface area (TPSA) is 110 Å². The van der Waals surface area contributed by atoms with Gasteiger partial charge >= 0.3 is 10.2 Å². The lowest BCUT2D eigenvalue weighted by atomic mass is 9.81. The molecule has 1 fully saturated rings. The number of methoxy groups -OCH3 is 1. The number of likely N-dealkylation sites (N-methyl/N-ethyl adjacent to an activating group) is 2. The third kappa shape index (κ3) is 5.57. The zero-order chi connectivity index (χ0) is 40.0. The molecule has 1 N–H and O–H groups in total. The van der Waals surface area contributed by atoms with Crippen LogP contribution in [0.2, 0.25) is 0 Å². The van der Waals surface area contributed by atoms with Crippen molar-refractivity contribution in [3.8, 4) is 17.0 Å². The number of fused-ring (bicyclic) bond motifs is 4. The Morgan fingerprint density at radius 2 is 1.86 bits per heavy atom. The van der Waals surface area contributed by atoms with Crippen molar-refractivity contribution < 1.29 is 42.6 Å². The molecule has 6 rings (SSSR count). The van der Waals surface area contributed by atoms with E-state index in [1.807, 2.05) is 0 Å². The summed E-state index contributed by atoms with van der Waals surface area (Å²) in [7, 11) is -3.49. The maximum Gasteiger partial charge on any atom is 0.303 e. The minimum atomic E-state index is -5.84. The Balaban J connectivity index is 1.68. The van der Waals surface area contributed by atoms with Gasteiger partial charge in [0.15, 0.2) is 0 Å². The highest BCUT2D eigenvalue weighted by Gasteiger charge is 2.31. The number of ether oxygens (including phenoxy) is 2. The molecule has 3 aliphatic rings. The SMILES string of the molecule is [2H]C([2H])([2H])N1C([2H])([2H])C([2H])([2H])OC([2H])([2H])C([2H])([2H])N(C)C(=O)C2=Cc3cc(OC)ccc3-c3c(C4CCCCC4)c4ccc(cc4n3C2)C(=O)NS1(=O)=O. The van der Waals surface area contributed by atoms with Crippen LogP contribution in [0.1, 0.15) is 74.6 Å². The number of carbonyl (C=O) groups is 2. The van der Waals surface area contributed by atoms with E-state index >= 15 is 0 Å². The first-order chi connectivity index (χ1) is 24.9. The van der Waals surface area contributed by atoms with Crippen molar-refractivity contribution in [1.82, 2.24) is 18.5 Å². The standard InChI is InChI=1S/C32H38N4O6S/c1-34-13-15-42-16-14-35(2)43(39,40)33-31(37)22-9-11-27-28(19-22)36-20-24(32(34)38)17-23-18-25(41-3)10-12-26(23)30(36)29(27)21-7-5-4-6-8-21/h9-12,17-19,21H,4-8,13-16,20H2,1-3H3,(H,33,37)/i2D3,13D2,14D2,15D2,16D2. The summed E-state index contributed by atoms with van der Waals surface area (Å²) in [6, 6.07) is 9.49. The van der Waals surface area contributed by atoms with E-state index in [1.165, 1.54) is 30.0 Å². The normalized spacial score (nSPS) is 29.2. The molecule has 0 atom stereocenters. The summed E-state index contributed by atoms with van der Waals surface area (Å²) in [5.74, 6) is -2.01. The Labute approximate surface area is 267 Å². The van der Waals surface area contributed by atoms with E-state index in [2.05, 4.69) is 0 Å². The zero-order valence-electron chi connectivity index (χ0n) is 34.6. The Morgan fingerprint density at radius 1 is 1.07 bits per heavy atom. The van der Waals surface area contributed by atoms with Crippen molar-refractivity contribution >= 4 is 39.0 Å². The number of nitrogens with zero attached hydrogens (tertiary/aromatic N) is 3. The molecule has 0 saturated heterocycles. The number of rotatable bonds is 2. The van der Waals surface area contributed by atoms with Gasteiger partial charge in [-0.3, -0.25) is 9.59 Å². The van der Waals surface area contributed by atoms with Gasteiger partial charge in [-0.05, 0) is 66.3 Å². The van der Waals surface area contributed by atoms with Crippen molar-refractivity contribution in [1.29, 1.82) is 0 Å². The molecule has 1 aromatic heterocycles. The van der Waals surface area contributed by atoms with Gasteiger partial charge in [0.05, 0.1) is 40.7 Å². The molecule has 0 unspecified atom stereocenters. The molecule has 0 spiro atoms. The molecule has 1 saturated carbocycles. The second kappa shape index (κ2) is 11.8. The van der Waals surface area contributed by atoms with Crippen molar-refractivity contribution in [2.24, 2.45) is 0 Å². The van der Waals surface area contributed by atoms with E-state index in [0.29, 0.717) is 38.4 Å². The molecule has 3 heterocycles. The molecule has 228 valence electrons. The Bertz CT molecular complexity index is 2180. The van der Waals surface area contributed by atoms with Gasteiger partial charge in [0.2, 0.25) is 0 Å². The van der Waals surface area contributed by atoms with Crippen LogP contribution in [0, 0.1) is 0 Å². The predicted molar refractivity (Wildman–Crippen MR) is 165 cm³/mol. The second-order valence-electron chi connectivity index (χ2n) is 10.6. The highest BCUT2D eigenvalue weighted by Crippen LogP contribution is 2.47. The fourth-order valence-electron chi connectivity index (χ4n) is 6.04. The first-order valence-electron chi connectivity index (χ1n) is 19.3. The van der Waals surface area contributed by atoms with Gasteiger partial charge in [0, 0.05) is 61.5 Å². The third-order valence-electron chi connectivity index (χ3n) is 8.06. The van der Waals surface area contributed by atoms with E-state index in [1.54, 1.807) is 28.8 Å². The molecule has 1 aliphatic carbocycles. The average Bonchev–Trinajstić information content (AvgIpc) is 3.27. The van der Waals surface area contributed by atoms with E-state index < -0.39 is 59.4 Å². The molecule has 43 heavy (non-hydrogen) atoms. The minimum Gasteiger partial charge on any atom is -0.497 e. The molecule has 2 amide bonds. The molecule has 10 nitrogen and oxygen atoms in total. The number of hydrogen-bond acceptors (Lipinski definition) is 6. The molecular formula is C32H38N4O6S. The lowest BCUT2D eigenvalue weighted by molar-refractivity contribution is -0.126. The van der Waals surface area contributed by atoms with Crippen LogP contribution in [0.25, 0.3) is 28.2 Å². The monoisotopic (exact) mass is 617 g/mol. The van der Waals surface area contributed by atoms with Crippen LogP contribution in [-0.2, 0) is 26.3 Å². The van der Waals surface area contributed by atoms with Gasteiger partial charge < -0.3 is 18.9 Å². The third-order valence-corrected chi connectivity index (χ3v) is 9.07. The summed E-state index contributed by atoms with van der Waals surface area (Å²) < 4.78 is 131. The maximum atomic E-state index is 14.4. The van der Waals surface area contributed by atoms with Crippen LogP contribution in [0.4, 0.5) is 0 Å². The maximum absolute atomic E-state index is 14.4. The van der Waals surface area contributed by atoms with Crippen molar-refractivity contribution in [2.45, 2.75) is 44.6 Å². The highest BCUT2D eigenvalue weighted by atomic mass is 32.2. The van der Waals surface area contributed by atoms with Crippen LogP contribution in [0.5, 0.6) is 5.75 Å². The minimum absolute atomic E-state index is 0.0360. The summed E-state index contributed by atoms with van der Waals surface area (Å²) in [6.07, 6.45) is 6.08. The van der Waals surface area contributed by atoms with Gasteiger partial charge in [-0.15, -0.1) is 0 Å². The van der Waals surface area contributed by atoms with E-state index in [-0.39, 0.29) is 23.6 Å². The lowest BCUT2D eigenvalue weighted by Gasteiger charge is -2.24. The van der Waals surface area contributed by atoms with Gasteiger partial charge in [0.25, 0.3) is 11.8 Å². The fourth-order valence-corrected chi connectivity index (χ4v) is 6.64. The van der Waals surface area contributed by atoms with Crippen molar-refractivity contribution in [3.05, 3.63) is 58.7 Å². The molecule has 3 aromatic rings. The Hall–Kier alpha value is -3.67. The molecule has 11 heteroatoms. The van der Waals surface area contributed by atoms with Crippen LogP contribution < -0.4 is 9.46 Å². The van der Waals surface area contributed by atoms with Gasteiger partial charge in [-0.2, -0.15) is 12.7 Å². The summed E-state index contributed by atoms with van der Waals surface area (Å²) in [6.45, 7) is -20.5. The Morgan fingerprint density at radius 3 is 2.63 bits per heavy atom. The molecular weight excluding hydrogens is 568 g/mol. The van der Waals surface area contributed by atoms with Crippen LogP contribution in [0.3, 0.4) is 0 Å². The number of amides is 2. The van der Waals surface area contributed by atoms with E-state index in [0.717, 1.165) is 44.7 Å². The summed E-state index contributed by atoms with van der Waals surface area (Å²) >= 11 is 0. The van der Waals surface area contributed by atoms with Crippen LogP contribution >= 0.6 is 0 Å².